The van der Waals surface area contributed by atoms with Crippen LogP contribution in [0, 0.1) is 0 Å². The molecule has 0 aromatic rings. The minimum Gasteiger partial charge on any atom is -0.368 e. The number of unbranched alkanes of at least 4 members (excludes halogenated alkanes) is 1. The van der Waals surface area contributed by atoms with E-state index < -0.39 is 0 Å². The van der Waals surface area contributed by atoms with E-state index in [1.54, 1.807) is 0 Å². The Morgan fingerprint density at radius 3 is 3.08 bits per heavy atom. The van der Waals surface area contributed by atoms with Crippen molar-refractivity contribution in [3.8, 4) is 0 Å². The maximum atomic E-state index is 10.6. The predicted molar refractivity (Wildman–Crippen MR) is 56.1 cm³/mol. The summed E-state index contributed by atoms with van der Waals surface area (Å²) in [4.78, 5) is 0.749. The van der Waals surface area contributed by atoms with Gasteiger partial charge >= 0.3 is 0 Å². The van der Waals surface area contributed by atoms with Crippen LogP contribution in [0.4, 0.5) is 0 Å². The minimum atomic E-state index is -0.112. The van der Waals surface area contributed by atoms with E-state index >= 15 is 0 Å². The predicted octanol–water partition coefficient (Wildman–Crippen LogP) is 1.68. The van der Waals surface area contributed by atoms with E-state index in [2.05, 4.69) is 6.92 Å². The topological polar surface area (TPSA) is 26.3 Å². The zero-order valence-electron chi connectivity index (χ0n) is 7.73. The first-order valence-corrected chi connectivity index (χ1v) is 5.25. The van der Waals surface area contributed by atoms with E-state index in [1.807, 2.05) is 24.3 Å². The molecule has 0 heterocycles. The standard InChI is InChI=1S/C10H14O2S/c1-2-3-8-12-9-6-4-5-7-10(9)13-11/h4-7,9H,2-3,8H2,1H3. The van der Waals surface area contributed by atoms with Crippen molar-refractivity contribution >= 4 is 16.1 Å². The minimum absolute atomic E-state index is 0.112. The molecule has 1 aliphatic carbocycles. The molecule has 0 aliphatic heterocycles. The highest BCUT2D eigenvalue weighted by atomic mass is 32.1. The Morgan fingerprint density at radius 1 is 1.54 bits per heavy atom. The molecule has 0 aromatic heterocycles. The SMILES string of the molecule is CCCCOC1C=CC=CC1=S=O. The van der Waals surface area contributed by atoms with Gasteiger partial charge in [-0.1, -0.05) is 31.6 Å². The van der Waals surface area contributed by atoms with Crippen LogP contribution in [0.15, 0.2) is 24.3 Å². The van der Waals surface area contributed by atoms with Gasteiger partial charge in [-0.3, -0.25) is 0 Å². The summed E-state index contributed by atoms with van der Waals surface area (Å²) in [5, 5.41) is 0. The highest BCUT2D eigenvalue weighted by Crippen LogP contribution is 2.05. The Bertz CT molecular complexity index is 262. The molecule has 0 saturated carbocycles. The van der Waals surface area contributed by atoms with Crippen LogP contribution in [-0.2, 0) is 16.0 Å². The molecule has 2 nitrogen and oxygen atoms in total. The molecule has 0 N–H and O–H groups in total. The first-order valence-electron chi connectivity index (χ1n) is 4.51. The maximum absolute atomic E-state index is 10.6. The summed E-state index contributed by atoms with van der Waals surface area (Å²) in [7, 11) is 0. The lowest BCUT2D eigenvalue weighted by atomic mass is 10.1. The fourth-order valence-corrected chi connectivity index (χ4v) is 1.45. The van der Waals surface area contributed by atoms with Crippen LogP contribution >= 0.6 is 0 Å². The molecule has 1 rings (SSSR count). The number of hydrogen-bond donors (Lipinski definition) is 0. The molecule has 0 spiro atoms. The largest absolute Gasteiger partial charge is 0.368 e. The Morgan fingerprint density at radius 2 is 2.38 bits per heavy atom. The van der Waals surface area contributed by atoms with Crippen LogP contribution in [0.25, 0.3) is 0 Å². The highest BCUT2D eigenvalue weighted by Gasteiger charge is 2.11. The first kappa shape index (κ1) is 10.4. The molecule has 72 valence electrons. The average Bonchev–Trinajstić information content (AvgIpc) is 2.19. The van der Waals surface area contributed by atoms with E-state index in [9.17, 15) is 4.21 Å². The summed E-state index contributed by atoms with van der Waals surface area (Å²) >= 11 is 0.515. The van der Waals surface area contributed by atoms with Crippen LogP contribution in [0.5, 0.6) is 0 Å². The van der Waals surface area contributed by atoms with E-state index in [4.69, 9.17) is 4.74 Å². The molecule has 0 radical (unpaired) electrons. The van der Waals surface area contributed by atoms with E-state index in [1.165, 1.54) is 0 Å². The molecule has 0 amide bonds. The van der Waals surface area contributed by atoms with Gasteiger partial charge in [-0.05, 0) is 12.5 Å². The monoisotopic (exact) mass is 198 g/mol. The molecular weight excluding hydrogens is 184 g/mol. The van der Waals surface area contributed by atoms with Gasteiger partial charge in [0.1, 0.15) is 6.10 Å². The third kappa shape index (κ3) is 3.28. The molecule has 0 bridgehead atoms. The van der Waals surface area contributed by atoms with Crippen LogP contribution < -0.4 is 0 Å². The normalized spacial score (nSPS) is 20.7. The third-order valence-electron chi connectivity index (χ3n) is 1.83. The van der Waals surface area contributed by atoms with Gasteiger partial charge in [-0.25, -0.2) is 4.21 Å². The lowest BCUT2D eigenvalue weighted by Crippen LogP contribution is -2.22. The first-order chi connectivity index (χ1) is 6.38. The van der Waals surface area contributed by atoms with Crippen molar-refractivity contribution in [1.29, 1.82) is 0 Å². The van der Waals surface area contributed by atoms with E-state index in [0.29, 0.717) is 11.3 Å². The van der Waals surface area contributed by atoms with Gasteiger partial charge in [0.25, 0.3) is 0 Å². The van der Waals surface area contributed by atoms with Gasteiger partial charge < -0.3 is 4.74 Å². The highest BCUT2D eigenvalue weighted by molar-refractivity contribution is 7.67. The Balaban J connectivity index is 2.44. The van der Waals surface area contributed by atoms with Gasteiger partial charge in [-0.15, -0.1) is 0 Å². The van der Waals surface area contributed by atoms with Crippen molar-refractivity contribution in [3.05, 3.63) is 24.3 Å². The zero-order valence-corrected chi connectivity index (χ0v) is 8.55. The summed E-state index contributed by atoms with van der Waals surface area (Å²) in [5.41, 5.74) is 0. The lowest BCUT2D eigenvalue weighted by molar-refractivity contribution is 0.125. The van der Waals surface area contributed by atoms with Gasteiger partial charge in [0.2, 0.25) is 0 Å². The van der Waals surface area contributed by atoms with Crippen LogP contribution in [0.3, 0.4) is 0 Å². The summed E-state index contributed by atoms with van der Waals surface area (Å²) in [6.07, 6.45) is 9.55. The Kier molecular flexibility index (Phi) is 4.72. The number of allylic oxidation sites excluding steroid dienone is 2. The zero-order chi connectivity index (χ0) is 9.52. The van der Waals surface area contributed by atoms with E-state index in [-0.39, 0.29) is 6.10 Å². The van der Waals surface area contributed by atoms with Crippen molar-refractivity contribution in [1.82, 2.24) is 0 Å². The third-order valence-corrected chi connectivity index (χ3v) is 2.39. The molecule has 1 aliphatic rings. The second kappa shape index (κ2) is 5.89. The van der Waals surface area contributed by atoms with Crippen LogP contribution in [0.2, 0.25) is 0 Å². The lowest BCUT2D eigenvalue weighted by Gasteiger charge is -2.14. The summed E-state index contributed by atoms with van der Waals surface area (Å²) < 4.78 is 16.2. The second-order valence-corrected chi connectivity index (χ2v) is 3.51. The van der Waals surface area contributed by atoms with Crippen molar-refractivity contribution in [2.24, 2.45) is 0 Å². The summed E-state index contributed by atoms with van der Waals surface area (Å²) in [5.74, 6) is 0. The van der Waals surface area contributed by atoms with E-state index in [0.717, 1.165) is 24.3 Å². The van der Waals surface area contributed by atoms with Gasteiger partial charge in [0, 0.05) is 6.61 Å². The van der Waals surface area contributed by atoms with Crippen molar-refractivity contribution < 1.29 is 8.95 Å². The average molecular weight is 198 g/mol. The molecular formula is C10H14O2S. The maximum Gasteiger partial charge on any atom is 0.113 e. The molecule has 0 fully saturated rings. The molecule has 0 saturated heterocycles. The molecule has 1 unspecified atom stereocenters. The van der Waals surface area contributed by atoms with Gasteiger partial charge in [0.15, 0.2) is 0 Å². The van der Waals surface area contributed by atoms with Crippen molar-refractivity contribution in [2.75, 3.05) is 6.61 Å². The second-order valence-electron chi connectivity index (χ2n) is 2.87. The smallest absolute Gasteiger partial charge is 0.113 e. The Labute approximate surface area is 82.4 Å². The molecule has 3 heteroatoms. The number of ether oxygens (including phenoxy) is 1. The molecule has 1 atom stereocenters. The summed E-state index contributed by atoms with van der Waals surface area (Å²) in [6, 6.07) is 0. The van der Waals surface area contributed by atoms with Gasteiger partial charge in [-0.2, -0.15) is 0 Å². The van der Waals surface area contributed by atoms with Gasteiger partial charge in [0.05, 0.1) is 16.1 Å². The summed E-state index contributed by atoms with van der Waals surface area (Å²) in [6.45, 7) is 2.84. The Hall–Kier alpha value is -0.670. The fraction of sp³-hybridized carbons (Fsp3) is 0.500. The van der Waals surface area contributed by atoms with Crippen molar-refractivity contribution in [2.45, 2.75) is 25.9 Å². The number of hydrogen-bond acceptors (Lipinski definition) is 2. The van der Waals surface area contributed by atoms with Crippen LogP contribution in [-0.4, -0.2) is 21.8 Å². The quantitative estimate of drug-likeness (QED) is 0.507. The van der Waals surface area contributed by atoms with Crippen molar-refractivity contribution in [3.63, 3.8) is 0 Å². The fourth-order valence-electron chi connectivity index (χ4n) is 1.07. The molecule has 13 heavy (non-hydrogen) atoms. The van der Waals surface area contributed by atoms with Crippen LogP contribution in [0.1, 0.15) is 19.8 Å². The molecule has 0 aromatic carbocycles. The number of rotatable bonds is 4.